The summed E-state index contributed by atoms with van der Waals surface area (Å²) in [4.78, 5) is 33.5. The number of hydrogen-bond donors (Lipinski definition) is 3. The molecule has 0 radical (unpaired) electrons. The minimum absolute atomic E-state index is 0.0471. The highest BCUT2D eigenvalue weighted by Crippen LogP contribution is 2.55. The zero-order chi connectivity index (χ0) is 14.0. The lowest BCUT2D eigenvalue weighted by atomic mass is 10.0. The molecule has 0 saturated heterocycles. The van der Waals surface area contributed by atoms with Crippen molar-refractivity contribution in [2.75, 3.05) is 0 Å². The van der Waals surface area contributed by atoms with Gasteiger partial charge in [0.1, 0.15) is 6.04 Å². The molecule has 0 aromatic heterocycles. The first-order valence-electron chi connectivity index (χ1n) is 6.75. The number of nitrogens with one attached hydrogen (secondary N) is 1. The van der Waals surface area contributed by atoms with Gasteiger partial charge in [-0.1, -0.05) is 12.8 Å². The van der Waals surface area contributed by atoms with Gasteiger partial charge in [-0.25, -0.2) is 4.79 Å². The molecule has 0 aliphatic heterocycles. The largest absolute Gasteiger partial charge is 0.481 e. The van der Waals surface area contributed by atoms with Crippen LogP contribution in [0.3, 0.4) is 0 Å². The second-order valence-corrected chi connectivity index (χ2v) is 5.47. The van der Waals surface area contributed by atoms with Crippen LogP contribution >= 0.6 is 0 Å². The Morgan fingerprint density at radius 3 is 2.16 bits per heavy atom. The van der Waals surface area contributed by atoms with E-state index in [4.69, 9.17) is 10.2 Å². The lowest BCUT2D eigenvalue weighted by Gasteiger charge is -2.13. The standard InChI is InChI=1S/C13H19NO5/c15-10(16)6-5-9(13(18)19)14-12(17)11-7-3-1-2-4-8(7)11/h7-9,11H,1-6H2,(H,14,17)(H,15,16)(H,18,19). The van der Waals surface area contributed by atoms with Gasteiger partial charge in [0.15, 0.2) is 0 Å². The number of carbonyl (C=O) groups excluding carboxylic acids is 1. The van der Waals surface area contributed by atoms with Crippen LogP contribution in [0, 0.1) is 17.8 Å². The predicted molar refractivity (Wildman–Crippen MR) is 65.4 cm³/mol. The van der Waals surface area contributed by atoms with Crippen molar-refractivity contribution in [3.63, 3.8) is 0 Å². The number of carboxylic acid groups (broad SMARTS) is 2. The maximum absolute atomic E-state index is 12.0. The number of carbonyl (C=O) groups is 3. The van der Waals surface area contributed by atoms with Gasteiger partial charge in [0.05, 0.1) is 0 Å². The molecule has 3 N–H and O–H groups in total. The third kappa shape index (κ3) is 3.24. The third-order valence-electron chi connectivity index (χ3n) is 4.22. The minimum Gasteiger partial charge on any atom is -0.481 e. The highest BCUT2D eigenvalue weighted by atomic mass is 16.4. The Labute approximate surface area is 111 Å². The molecule has 19 heavy (non-hydrogen) atoms. The molecular weight excluding hydrogens is 250 g/mol. The fraction of sp³-hybridized carbons (Fsp3) is 0.769. The predicted octanol–water partition coefficient (Wildman–Crippen LogP) is 0.857. The minimum atomic E-state index is -1.17. The SMILES string of the molecule is O=C(O)CCC(NC(=O)C1C2CCCCC21)C(=O)O. The first-order valence-corrected chi connectivity index (χ1v) is 6.75. The van der Waals surface area contributed by atoms with Crippen molar-refractivity contribution in [1.82, 2.24) is 5.32 Å². The van der Waals surface area contributed by atoms with Crippen LogP contribution in [0.25, 0.3) is 0 Å². The Morgan fingerprint density at radius 1 is 1.11 bits per heavy atom. The molecule has 2 saturated carbocycles. The van der Waals surface area contributed by atoms with E-state index < -0.39 is 18.0 Å². The van der Waals surface area contributed by atoms with Crippen LogP contribution in [0.5, 0.6) is 0 Å². The monoisotopic (exact) mass is 269 g/mol. The van der Waals surface area contributed by atoms with E-state index in [0.29, 0.717) is 11.8 Å². The van der Waals surface area contributed by atoms with E-state index in [9.17, 15) is 14.4 Å². The molecule has 0 bridgehead atoms. The summed E-state index contributed by atoms with van der Waals surface area (Å²) in [5, 5.41) is 20.0. The smallest absolute Gasteiger partial charge is 0.326 e. The highest BCUT2D eigenvalue weighted by molar-refractivity contribution is 5.87. The Balaban J connectivity index is 1.85. The summed E-state index contributed by atoms with van der Waals surface area (Å²) in [6, 6.07) is -1.09. The average molecular weight is 269 g/mol. The van der Waals surface area contributed by atoms with Gasteiger partial charge < -0.3 is 15.5 Å². The zero-order valence-electron chi connectivity index (χ0n) is 10.7. The van der Waals surface area contributed by atoms with Crippen molar-refractivity contribution in [1.29, 1.82) is 0 Å². The molecule has 6 heteroatoms. The molecule has 3 unspecified atom stereocenters. The van der Waals surface area contributed by atoms with E-state index in [1.807, 2.05) is 0 Å². The molecule has 0 heterocycles. The molecule has 2 aliphatic carbocycles. The zero-order valence-corrected chi connectivity index (χ0v) is 10.7. The topological polar surface area (TPSA) is 104 Å². The van der Waals surface area contributed by atoms with Crippen molar-refractivity contribution in [3.8, 4) is 0 Å². The van der Waals surface area contributed by atoms with Crippen LogP contribution in [0.1, 0.15) is 38.5 Å². The summed E-state index contributed by atoms with van der Waals surface area (Å²) in [6.07, 6.45) is 4.07. The Morgan fingerprint density at radius 2 is 1.68 bits per heavy atom. The van der Waals surface area contributed by atoms with Crippen LogP contribution in [-0.2, 0) is 14.4 Å². The number of carboxylic acids is 2. The average Bonchev–Trinajstić information content (AvgIpc) is 3.07. The molecule has 106 valence electrons. The van der Waals surface area contributed by atoms with Crippen molar-refractivity contribution >= 4 is 17.8 Å². The van der Waals surface area contributed by atoms with E-state index in [0.717, 1.165) is 25.7 Å². The maximum Gasteiger partial charge on any atom is 0.326 e. The molecule has 0 aromatic rings. The van der Waals surface area contributed by atoms with Gasteiger partial charge in [0, 0.05) is 12.3 Å². The Hall–Kier alpha value is -1.59. The molecular formula is C13H19NO5. The van der Waals surface area contributed by atoms with E-state index in [1.54, 1.807) is 0 Å². The number of amides is 1. The van der Waals surface area contributed by atoms with Gasteiger partial charge in [-0.05, 0) is 31.1 Å². The lowest BCUT2D eigenvalue weighted by Crippen LogP contribution is -2.42. The van der Waals surface area contributed by atoms with E-state index in [2.05, 4.69) is 5.32 Å². The van der Waals surface area contributed by atoms with Crippen LogP contribution in [-0.4, -0.2) is 34.1 Å². The molecule has 6 nitrogen and oxygen atoms in total. The van der Waals surface area contributed by atoms with Crippen LogP contribution in [0.4, 0.5) is 0 Å². The quantitative estimate of drug-likeness (QED) is 0.663. The van der Waals surface area contributed by atoms with Crippen LogP contribution in [0.15, 0.2) is 0 Å². The highest BCUT2D eigenvalue weighted by Gasteiger charge is 2.55. The molecule has 3 atom stereocenters. The summed E-state index contributed by atoms with van der Waals surface area (Å²) in [6.45, 7) is 0. The summed E-state index contributed by atoms with van der Waals surface area (Å²) in [5.41, 5.74) is 0. The number of rotatable bonds is 6. The fourth-order valence-electron chi connectivity index (χ4n) is 3.17. The first kappa shape index (κ1) is 13.8. The first-order chi connectivity index (χ1) is 9.00. The van der Waals surface area contributed by atoms with Crippen molar-refractivity contribution in [2.24, 2.45) is 17.8 Å². The summed E-state index contributed by atoms with van der Waals surface area (Å²) >= 11 is 0. The van der Waals surface area contributed by atoms with Gasteiger partial charge in [-0.3, -0.25) is 9.59 Å². The van der Waals surface area contributed by atoms with E-state index in [1.165, 1.54) is 0 Å². The van der Waals surface area contributed by atoms with Gasteiger partial charge >= 0.3 is 11.9 Å². The van der Waals surface area contributed by atoms with E-state index >= 15 is 0 Å². The lowest BCUT2D eigenvalue weighted by molar-refractivity contribution is -0.143. The second kappa shape index (κ2) is 5.59. The maximum atomic E-state index is 12.0. The number of fused-ring (bicyclic) bond motifs is 1. The van der Waals surface area contributed by atoms with Crippen molar-refractivity contribution in [2.45, 2.75) is 44.6 Å². The van der Waals surface area contributed by atoms with Crippen molar-refractivity contribution < 1.29 is 24.6 Å². The van der Waals surface area contributed by atoms with E-state index in [-0.39, 0.29) is 24.7 Å². The molecule has 2 aliphatic rings. The third-order valence-corrected chi connectivity index (χ3v) is 4.22. The van der Waals surface area contributed by atoms with Gasteiger partial charge in [-0.2, -0.15) is 0 Å². The van der Waals surface area contributed by atoms with Crippen LogP contribution in [0.2, 0.25) is 0 Å². The van der Waals surface area contributed by atoms with Gasteiger partial charge in [-0.15, -0.1) is 0 Å². The fourth-order valence-corrected chi connectivity index (χ4v) is 3.17. The molecule has 2 rings (SSSR count). The molecule has 0 spiro atoms. The summed E-state index contributed by atoms with van der Waals surface area (Å²) < 4.78 is 0. The Kier molecular flexibility index (Phi) is 4.07. The number of hydrogen-bond acceptors (Lipinski definition) is 3. The van der Waals surface area contributed by atoms with Crippen LogP contribution < -0.4 is 5.32 Å². The summed E-state index contributed by atoms with van der Waals surface area (Å²) in [5.74, 6) is -1.65. The second-order valence-electron chi connectivity index (χ2n) is 5.47. The normalized spacial score (nSPS) is 30.0. The molecule has 0 aromatic carbocycles. The van der Waals surface area contributed by atoms with Gasteiger partial charge in [0.25, 0.3) is 0 Å². The number of aliphatic carboxylic acids is 2. The molecule has 2 fully saturated rings. The Bertz CT molecular complexity index is 382. The van der Waals surface area contributed by atoms with Crippen molar-refractivity contribution in [3.05, 3.63) is 0 Å². The van der Waals surface area contributed by atoms with Gasteiger partial charge in [0.2, 0.25) is 5.91 Å². The molecule has 1 amide bonds. The summed E-state index contributed by atoms with van der Waals surface area (Å²) in [7, 11) is 0.